The Morgan fingerprint density at radius 2 is 2.13 bits per heavy atom. The van der Waals surface area contributed by atoms with Crippen molar-refractivity contribution in [1.82, 2.24) is 4.98 Å². The third-order valence-corrected chi connectivity index (χ3v) is 3.98. The van der Waals surface area contributed by atoms with E-state index in [1.54, 1.807) is 11.8 Å². The molecule has 3 heteroatoms. The smallest absolute Gasteiger partial charge is 0.0713 e. The Morgan fingerprint density at radius 3 is 2.93 bits per heavy atom. The standard InChI is InChI=1S/C12H12ClNS/c1-9(8-13)15-12-6-7-14-11-5-3-2-4-10(11)12/h2-7,9H,8H2,1H3. The zero-order valence-corrected chi connectivity index (χ0v) is 10.1. The van der Waals surface area contributed by atoms with Crippen LogP contribution >= 0.6 is 23.4 Å². The number of rotatable bonds is 3. The van der Waals surface area contributed by atoms with Crippen molar-refractivity contribution < 1.29 is 0 Å². The van der Waals surface area contributed by atoms with Gasteiger partial charge in [0, 0.05) is 27.6 Å². The number of thioether (sulfide) groups is 1. The second-order valence-corrected chi connectivity index (χ2v) is 5.20. The molecule has 1 atom stereocenters. The zero-order chi connectivity index (χ0) is 10.7. The minimum absolute atomic E-state index is 0.428. The van der Waals surface area contributed by atoms with Crippen molar-refractivity contribution in [3.8, 4) is 0 Å². The zero-order valence-electron chi connectivity index (χ0n) is 8.48. The molecule has 0 aliphatic carbocycles. The van der Waals surface area contributed by atoms with Crippen LogP contribution in [0.25, 0.3) is 10.9 Å². The predicted octanol–water partition coefficient (Wildman–Crippen LogP) is 3.95. The maximum atomic E-state index is 5.82. The van der Waals surface area contributed by atoms with Gasteiger partial charge < -0.3 is 0 Å². The Bertz CT molecular complexity index is 453. The molecule has 1 aromatic carbocycles. The van der Waals surface area contributed by atoms with Crippen molar-refractivity contribution in [1.29, 1.82) is 0 Å². The molecule has 78 valence electrons. The van der Waals surface area contributed by atoms with E-state index in [0.29, 0.717) is 11.1 Å². The van der Waals surface area contributed by atoms with Crippen molar-refractivity contribution in [2.24, 2.45) is 0 Å². The second kappa shape index (κ2) is 4.86. The van der Waals surface area contributed by atoms with E-state index in [9.17, 15) is 0 Å². The van der Waals surface area contributed by atoms with Gasteiger partial charge in [0.25, 0.3) is 0 Å². The maximum absolute atomic E-state index is 5.82. The molecule has 2 aromatic rings. The van der Waals surface area contributed by atoms with Crippen LogP contribution in [0.2, 0.25) is 0 Å². The van der Waals surface area contributed by atoms with E-state index in [0.717, 1.165) is 5.52 Å². The van der Waals surface area contributed by atoms with Crippen LogP contribution in [0.4, 0.5) is 0 Å². The first kappa shape index (κ1) is 10.8. The summed E-state index contributed by atoms with van der Waals surface area (Å²) in [5.74, 6) is 0.668. The first-order chi connectivity index (χ1) is 7.31. The van der Waals surface area contributed by atoms with E-state index in [1.807, 2.05) is 24.4 Å². The number of para-hydroxylation sites is 1. The predicted molar refractivity (Wildman–Crippen MR) is 67.8 cm³/mol. The molecule has 0 radical (unpaired) electrons. The number of pyridine rings is 1. The molecule has 0 saturated carbocycles. The Balaban J connectivity index is 2.42. The number of halogens is 1. The fraction of sp³-hybridized carbons (Fsp3) is 0.250. The molecule has 2 rings (SSSR count). The van der Waals surface area contributed by atoms with Crippen LogP contribution in [-0.2, 0) is 0 Å². The quantitative estimate of drug-likeness (QED) is 0.592. The van der Waals surface area contributed by atoms with Gasteiger partial charge in [0.1, 0.15) is 0 Å². The van der Waals surface area contributed by atoms with Gasteiger partial charge in [-0.25, -0.2) is 0 Å². The van der Waals surface area contributed by atoms with Gasteiger partial charge in [-0.2, -0.15) is 0 Å². The summed E-state index contributed by atoms with van der Waals surface area (Å²) in [5, 5.41) is 1.64. The van der Waals surface area contributed by atoms with Gasteiger partial charge in [-0.3, -0.25) is 4.98 Å². The summed E-state index contributed by atoms with van der Waals surface area (Å²) in [4.78, 5) is 5.59. The number of nitrogens with zero attached hydrogens (tertiary/aromatic N) is 1. The Kier molecular flexibility index (Phi) is 3.49. The Labute approximate surface area is 98.9 Å². The maximum Gasteiger partial charge on any atom is 0.0713 e. The van der Waals surface area contributed by atoms with E-state index in [1.165, 1.54) is 10.3 Å². The molecule has 1 heterocycles. The average Bonchev–Trinajstić information content (AvgIpc) is 2.29. The van der Waals surface area contributed by atoms with Crippen molar-refractivity contribution in [3.63, 3.8) is 0 Å². The van der Waals surface area contributed by atoms with Gasteiger partial charge >= 0.3 is 0 Å². The number of alkyl halides is 1. The third kappa shape index (κ3) is 2.44. The molecular formula is C12H12ClNS. The summed E-state index contributed by atoms with van der Waals surface area (Å²) >= 11 is 7.62. The highest BCUT2D eigenvalue weighted by molar-refractivity contribution is 8.00. The van der Waals surface area contributed by atoms with Crippen LogP contribution in [-0.4, -0.2) is 16.1 Å². The fourth-order valence-corrected chi connectivity index (χ4v) is 2.55. The Morgan fingerprint density at radius 1 is 1.33 bits per heavy atom. The summed E-state index contributed by atoms with van der Waals surface area (Å²) in [5.41, 5.74) is 1.05. The lowest BCUT2D eigenvalue weighted by atomic mass is 10.2. The highest BCUT2D eigenvalue weighted by Crippen LogP contribution is 2.29. The van der Waals surface area contributed by atoms with Gasteiger partial charge in [-0.15, -0.1) is 23.4 Å². The highest BCUT2D eigenvalue weighted by atomic mass is 35.5. The van der Waals surface area contributed by atoms with Gasteiger partial charge in [-0.1, -0.05) is 25.1 Å². The molecular weight excluding hydrogens is 226 g/mol. The number of benzene rings is 1. The lowest BCUT2D eigenvalue weighted by molar-refractivity contribution is 1.12. The first-order valence-electron chi connectivity index (χ1n) is 4.87. The Hall–Kier alpha value is -0.730. The normalized spacial score (nSPS) is 12.9. The number of aromatic nitrogens is 1. The van der Waals surface area contributed by atoms with Crippen molar-refractivity contribution in [2.45, 2.75) is 17.1 Å². The largest absolute Gasteiger partial charge is 0.256 e. The van der Waals surface area contributed by atoms with Crippen molar-refractivity contribution >= 4 is 34.3 Å². The van der Waals surface area contributed by atoms with Gasteiger partial charge in [0.2, 0.25) is 0 Å². The lowest BCUT2D eigenvalue weighted by Crippen LogP contribution is -1.96. The van der Waals surface area contributed by atoms with E-state index in [-0.39, 0.29) is 0 Å². The molecule has 1 aromatic heterocycles. The van der Waals surface area contributed by atoms with E-state index in [4.69, 9.17) is 11.6 Å². The SMILES string of the molecule is CC(CCl)Sc1ccnc2ccccc12. The molecule has 0 amide bonds. The summed E-state index contributed by atoms with van der Waals surface area (Å²) in [6, 6.07) is 10.2. The number of hydrogen-bond donors (Lipinski definition) is 0. The molecule has 0 saturated heterocycles. The van der Waals surface area contributed by atoms with E-state index >= 15 is 0 Å². The van der Waals surface area contributed by atoms with E-state index in [2.05, 4.69) is 24.0 Å². The average molecular weight is 238 g/mol. The van der Waals surface area contributed by atoms with Gasteiger partial charge in [-0.05, 0) is 12.1 Å². The number of fused-ring (bicyclic) bond motifs is 1. The minimum Gasteiger partial charge on any atom is -0.256 e. The summed E-state index contributed by atoms with van der Waals surface area (Å²) in [7, 11) is 0. The highest BCUT2D eigenvalue weighted by Gasteiger charge is 2.06. The van der Waals surface area contributed by atoms with Gasteiger partial charge in [0.05, 0.1) is 5.52 Å². The van der Waals surface area contributed by atoms with E-state index < -0.39 is 0 Å². The molecule has 0 aliphatic heterocycles. The molecule has 0 bridgehead atoms. The molecule has 0 spiro atoms. The monoisotopic (exact) mass is 237 g/mol. The summed E-state index contributed by atoms with van der Waals surface area (Å²) in [6.45, 7) is 2.13. The summed E-state index contributed by atoms with van der Waals surface area (Å²) in [6.07, 6.45) is 1.85. The van der Waals surface area contributed by atoms with Crippen molar-refractivity contribution in [3.05, 3.63) is 36.5 Å². The third-order valence-electron chi connectivity index (χ3n) is 2.15. The molecule has 0 N–H and O–H groups in total. The van der Waals surface area contributed by atoms with Crippen LogP contribution in [0.15, 0.2) is 41.4 Å². The molecule has 1 unspecified atom stereocenters. The fourth-order valence-electron chi connectivity index (χ4n) is 1.42. The van der Waals surface area contributed by atoms with Gasteiger partial charge in [0.15, 0.2) is 0 Å². The summed E-state index contributed by atoms with van der Waals surface area (Å²) < 4.78 is 0. The minimum atomic E-state index is 0.428. The number of hydrogen-bond acceptors (Lipinski definition) is 2. The molecule has 0 fully saturated rings. The van der Waals surface area contributed by atoms with Crippen LogP contribution in [0, 0.1) is 0 Å². The van der Waals surface area contributed by atoms with Crippen LogP contribution < -0.4 is 0 Å². The van der Waals surface area contributed by atoms with Crippen LogP contribution in [0.5, 0.6) is 0 Å². The molecule has 0 aliphatic rings. The first-order valence-corrected chi connectivity index (χ1v) is 6.29. The van der Waals surface area contributed by atoms with Crippen LogP contribution in [0.1, 0.15) is 6.92 Å². The van der Waals surface area contributed by atoms with Crippen LogP contribution in [0.3, 0.4) is 0 Å². The second-order valence-electron chi connectivity index (χ2n) is 3.41. The molecule has 15 heavy (non-hydrogen) atoms. The lowest BCUT2D eigenvalue weighted by Gasteiger charge is -2.09. The van der Waals surface area contributed by atoms with Crippen molar-refractivity contribution in [2.75, 3.05) is 5.88 Å². The topological polar surface area (TPSA) is 12.9 Å². The molecule has 1 nitrogen and oxygen atoms in total.